The average Bonchev–Trinajstić information content (AvgIpc) is 3.18. The van der Waals surface area contributed by atoms with Crippen LogP contribution in [0.5, 0.6) is 0 Å². The van der Waals surface area contributed by atoms with Gasteiger partial charge in [-0.3, -0.25) is 9.59 Å². The number of rotatable bonds is 9. The van der Waals surface area contributed by atoms with Gasteiger partial charge in [0.25, 0.3) is 5.91 Å². The normalized spacial score (nSPS) is 10.8. The van der Waals surface area contributed by atoms with E-state index in [2.05, 4.69) is 27.8 Å². The van der Waals surface area contributed by atoms with Crippen molar-refractivity contribution in [3.8, 4) is 0 Å². The second-order valence-corrected chi connectivity index (χ2v) is 8.25. The second-order valence-electron chi connectivity index (χ2n) is 7.31. The van der Waals surface area contributed by atoms with E-state index in [0.29, 0.717) is 30.3 Å². The maximum Gasteiger partial charge on any atom is 0.253 e. The van der Waals surface area contributed by atoms with E-state index in [1.807, 2.05) is 42.8 Å². The zero-order valence-electron chi connectivity index (χ0n) is 17.2. The van der Waals surface area contributed by atoms with Crippen LogP contribution in [0.2, 0.25) is 0 Å². The average molecular weight is 423 g/mol. The summed E-state index contributed by atoms with van der Waals surface area (Å²) in [6, 6.07) is 17.1. The van der Waals surface area contributed by atoms with Crippen LogP contribution in [-0.4, -0.2) is 33.7 Å². The van der Waals surface area contributed by atoms with Gasteiger partial charge >= 0.3 is 0 Å². The van der Waals surface area contributed by atoms with Crippen molar-refractivity contribution in [1.82, 2.24) is 14.9 Å². The van der Waals surface area contributed by atoms with Gasteiger partial charge in [-0.1, -0.05) is 68.1 Å². The molecular weight excluding hydrogens is 396 g/mol. The van der Waals surface area contributed by atoms with Gasteiger partial charge in [-0.05, 0) is 23.6 Å². The molecule has 0 saturated heterocycles. The molecular formula is C23H26N4O2S. The molecule has 1 aromatic heterocycles. The first-order valence-electron chi connectivity index (χ1n) is 9.88. The number of thioether (sulfide) groups is 1. The van der Waals surface area contributed by atoms with Gasteiger partial charge in [0, 0.05) is 25.5 Å². The zero-order valence-corrected chi connectivity index (χ0v) is 18.0. The third kappa shape index (κ3) is 6.22. The number of anilines is 1. The molecule has 0 bridgehead atoms. The van der Waals surface area contributed by atoms with E-state index in [9.17, 15) is 9.59 Å². The highest BCUT2D eigenvalue weighted by Gasteiger charge is 2.14. The summed E-state index contributed by atoms with van der Waals surface area (Å²) in [6.45, 7) is 5.35. The van der Waals surface area contributed by atoms with Crippen molar-refractivity contribution >= 4 is 29.3 Å². The number of hydrogen-bond donors (Lipinski definition) is 2. The van der Waals surface area contributed by atoms with E-state index in [0.717, 1.165) is 5.16 Å². The Morgan fingerprint density at radius 1 is 1.07 bits per heavy atom. The van der Waals surface area contributed by atoms with E-state index >= 15 is 0 Å². The maximum atomic E-state index is 12.5. The summed E-state index contributed by atoms with van der Waals surface area (Å²) < 4.78 is 2.01. The fourth-order valence-electron chi connectivity index (χ4n) is 2.83. The van der Waals surface area contributed by atoms with Gasteiger partial charge in [-0.15, -0.1) is 0 Å². The summed E-state index contributed by atoms with van der Waals surface area (Å²) in [5.41, 5.74) is 2.14. The van der Waals surface area contributed by atoms with Crippen molar-refractivity contribution in [2.24, 2.45) is 5.92 Å². The third-order valence-corrected chi connectivity index (χ3v) is 5.33. The molecule has 6 nitrogen and oxygen atoms in total. The molecule has 0 saturated carbocycles. The van der Waals surface area contributed by atoms with Crippen molar-refractivity contribution in [3.63, 3.8) is 0 Å². The van der Waals surface area contributed by atoms with Crippen LogP contribution in [0, 0.1) is 5.92 Å². The lowest BCUT2D eigenvalue weighted by Crippen LogP contribution is -2.28. The minimum Gasteiger partial charge on any atom is -0.352 e. The molecule has 0 atom stereocenters. The topological polar surface area (TPSA) is 76.0 Å². The number of nitrogens with zero attached hydrogens (tertiary/aromatic N) is 2. The van der Waals surface area contributed by atoms with Crippen LogP contribution in [0.4, 0.5) is 5.69 Å². The molecule has 3 rings (SSSR count). The molecule has 156 valence electrons. The number of nitrogens with one attached hydrogen (secondary N) is 2. The number of aromatic nitrogens is 2. The summed E-state index contributed by atoms with van der Waals surface area (Å²) >= 11 is 1.37. The lowest BCUT2D eigenvalue weighted by Gasteiger charge is -2.12. The van der Waals surface area contributed by atoms with Crippen LogP contribution < -0.4 is 10.6 Å². The van der Waals surface area contributed by atoms with Gasteiger partial charge in [-0.25, -0.2) is 4.98 Å². The summed E-state index contributed by atoms with van der Waals surface area (Å²) in [7, 11) is 0. The highest BCUT2D eigenvalue weighted by atomic mass is 32.2. The lowest BCUT2D eigenvalue weighted by atomic mass is 10.1. The second kappa shape index (κ2) is 10.6. The minimum absolute atomic E-state index is 0.182. The van der Waals surface area contributed by atoms with E-state index in [-0.39, 0.29) is 17.6 Å². The van der Waals surface area contributed by atoms with Crippen molar-refractivity contribution in [1.29, 1.82) is 0 Å². The molecule has 0 aliphatic carbocycles. The maximum absolute atomic E-state index is 12.5. The fourth-order valence-corrected chi connectivity index (χ4v) is 3.59. The number of hydrogen-bond acceptors (Lipinski definition) is 4. The van der Waals surface area contributed by atoms with E-state index < -0.39 is 0 Å². The first-order chi connectivity index (χ1) is 14.5. The summed E-state index contributed by atoms with van der Waals surface area (Å²) in [5, 5.41) is 6.52. The van der Waals surface area contributed by atoms with E-state index in [4.69, 9.17) is 0 Å². The van der Waals surface area contributed by atoms with Gasteiger partial charge in [0.2, 0.25) is 5.91 Å². The van der Waals surface area contributed by atoms with Gasteiger partial charge in [0.15, 0.2) is 5.16 Å². The van der Waals surface area contributed by atoms with Crippen LogP contribution in [0.25, 0.3) is 0 Å². The number of para-hydroxylation sites is 1. The molecule has 0 aliphatic rings. The zero-order chi connectivity index (χ0) is 21.3. The largest absolute Gasteiger partial charge is 0.352 e. The molecule has 2 N–H and O–H groups in total. The van der Waals surface area contributed by atoms with Crippen molar-refractivity contribution in [2.75, 3.05) is 17.6 Å². The highest BCUT2D eigenvalue weighted by Crippen LogP contribution is 2.19. The summed E-state index contributed by atoms with van der Waals surface area (Å²) in [4.78, 5) is 29.3. The van der Waals surface area contributed by atoms with E-state index in [1.165, 1.54) is 17.3 Å². The number of amides is 2. The molecule has 7 heteroatoms. The molecule has 0 unspecified atom stereocenters. The summed E-state index contributed by atoms with van der Waals surface area (Å²) in [6.07, 6.45) is 3.64. The number of benzene rings is 2. The molecule has 0 fully saturated rings. The Bertz CT molecular complexity index is 986. The number of carbonyl (C=O) groups is 2. The molecule has 2 amide bonds. The van der Waals surface area contributed by atoms with Gasteiger partial charge in [-0.2, -0.15) is 0 Å². The van der Waals surface area contributed by atoms with Crippen molar-refractivity contribution < 1.29 is 9.59 Å². The van der Waals surface area contributed by atoms with Crippen LogP contribution in [0.3, 0.4) is 0 Å². The minimum atomic E-state index is -0.189. The molecule has 0 aliphatic heterocycles. The van der Waals surface area contributed by atoms with Crippen LogP contribution in [0.15, 0.2) is 72.1 Å². The monoisotopic (exact) mass is 422 g/mol. The molecule has 30 heavy (non-hydrogen) atoms. The van der Waals surface area contributed by atoms with Crippen molar-refractivity contribution in [2.45, 2.75) is 25.5 Å². The van der Waals surface area contributed by atoms with Crippen LogP contribution in [-0.2, 0) is 11.3 Å². The predicted molar refractivity (Wildman–Crippen MR) is 121 cm³/mol. The molecule has 0 radical (unpaired) electrons. The third-order valence-electron chi connectivity index (χ3n) is 4.32. The quantitative estimate of drug-likeness (QED) is 0.510. The van der Waals surface area contributed by atoms with Gasteiger partial charge in [0.1, 0.15) is 0 Å². The standard InChI is InChI=1S/C23H26N4O2S/c1-17(2)14-25-22(29)19-10-6-7-11-20(19)26-21(28)16-30-23-24-12-13-27(23)15-18-8-4-3-5-9-18/h3-13,17H,14-16H2,1-2H3,(H,25,29)(H,26,28). The SMILES string of the molecule is CC(C)CNC(=O)c1ccccc1NC(=O)CSc1nccn1Cc1ccccc1. The predicted octanol–water partition coefficient (Wildman–Crippen LogP) is 4.05. The van der Waals surface area contributed by atoms with Crippen LogP contribution >= 0.6 is 11.8 Å². The highest BCUT2D eigenvalue weighted by molar-refractivity contribution is 7.99. The molecule has 2 aromatic carbocycles. The first kappa shape index (κ1) is 21.6. The first-order valence-corrected chi connectivity index (χ1v) is 10.9. The number of imidazole rings is 1. The van der Waals surface area contributed by atoms with Crippen molar-refractivity contribution in [3.05, 3.63) is 78.1 Å². The summed E-state index contributed by atoms with van der Waals surface area (Å²) in [5.74, 6) is 0.184. The van der Waals surface area contributed by atoms with E-state index in [1.54, 1.807) is 30.5 Å². The Labute approximate surface area is 181 Å². The molecule has 3 aromatic rings. The lowest BCUT2D eigenvalue weighted by molar-refractivity contribution is -0.113. The van der Waals surface area contributed by atoms with Gasteiger partial charge in [0.05, 0.1) is 17.0 Å². The Morgan fingerprint density at radius 2 is 1.80 bits per heavy atom. The Hall–Kier alpha value is -3.06. The Kier molecular flexibility index (Phi) is 7.68. The van der Waals surface area contributed by atoms with Crippen LogP contribution in [0.1, 0.15) is 29.8 Å². The fraction of sp³-hybridized carbons (Fsp3) is 0.261. The molecule has 0 spiro atoms. The number of carbonyl (C=O) groups excluding carboxylic acids is 2. The van der Waals surface area contributed by atoms with Gasteiger partial charge < -0.3 is 15.2 Å². The smallest absolute Gasteiger partial charge is 0.253 e. The molecule has 1 heterocycles. The Morgan fingerprint density at radius 3 is 2.57 bits per heavy atom. The Balaban J connectivity index is 1.59.